The summed E-state index contributed by atoms with van der Waals surface area (Å²) in [6.07, 6.45) is -0.0882. The van der Waals surface area contributed by atoms with Gasteiger partial charge in [-0.2, -0.15) is 0 Å². The van der Waals surface area contributed by atoms with Gasteiger partial charge in [0.05, 0.1) is 6.54 Å². The van der Waals surface area contributed by atoms with Crippen LogP contribution in [0.2, 0.25) is 0 Å². The first-order chi connectivity index (χ1) is 16.7. The lowest BCUT2D eigenvalue weighted by Crippen LogP contribution is -2.55. The number of carboxylic acid groups (broad SMARTS) is 1. The summed E-state index contributed by atoms with van der Waals surface area (Å²) in [5.74, 6) is -1.74. The van der Waals surface area contributed by atoms with Gasteiger partial charge in [0.2, 0.25) is 5.91 Å². The molecule has 1 aliphatic carbocycles. The largest absolute Gasteiger partial charge is 0.479 e. The molecule has 186 valence electrons. The van der Waals surface area contributed by atoms with Crippen molar-refractivity contribution in [3.63, 3.8) is 0 Å². The van der Waals surface area contributed by atoms with Crippen LogP contribution < -0.4 is 5.32 Å². The van der Waals surface area contributed by atoms with E-state index in [1.165, 1.54) is 4.90 Å². The van der Waals surface area contributed by atoms with Crippen molar-refractivity contribution in [2.75, 3.05) is 19.7 Å². The smallest absolute Gasteiger partial charge is 0.407 e. The van der Waals surface area contributed by atoms with Gasteiger partial charge in [-0.15, -0.1) is 0 Å². The molecular weight excluding hydrogens is 448 g/mol. The molecule has 2 aromatic carbocycles. The molecule has 4 rings (SSSR count). The third kappa shape index (κ3) is 5.17. The number of nitrogens with zero attached hydrogens (tertiary/aromatic N) is 1. The Balaban J connectivity index is 1.37. The highest BCUT2D eigenvalue weighted by Gasteiger charge is 2.42. The van der Waals surface area contributed by atoms with Gasteiger partial charge in [-0.1, -0.05) is 62.4 Å². The average molecular weight is 481 g/mol. The van der Waals surface area contributed by atoms with Crippen molar-refractivity contribution in [2.45, 2.75) is 50.7 Å². The average Bonchev–Trinajstić information content (AvgIpc) is 3.16. The SMILES string of the molecule is CC(C)C(CC(=O)N1CCCC(O)(C(=O)O)C1)NC(=O)OCC1c2ccccc2-c2ccccc21. The second-order valence-electron chi connectivity index (χ2n) is 9.78. The summed E-state index contributed by atoms with van der Waals surface area (Å²) in [5.41, 5.74) is 2.60. The van der Waals surface area contributed by atoms with Gasteiger partial charge in [-0.05, 0) is 41.0 Å². The van der Waals surface area contributed by atoms with Crippen LogP contribution in [-0.4, -0.2) is 64.4 Å². The summed E-state index contributed by atoms with van der Waals surface area (Å²) >= 11 is 0. The topological polar surface area (TPSA) is 116 Å². The molecule has 0 radical (unpaired) electrons. The fourth-order valence-corrected chi connectivity index (χ4v) is 4.99. The van der Waals surface area contributed by atoms with Gasteiger partial charge < -0.3 is 25.2 Å². The minimum absolute atomic E-state index is 0.00242. The zero-order valence-corrected chi connectivity index (χ0v) is 20.1. The standard InChI is InChI=1S/C27H32N2O6/c1-17(2)23(14-24(30)29-13-7-12-27(34,16-29)25(31)32)28-26(33)35-15-22-20-10-5-3-8-18(20)19-9-4-6-11-21(19)22/h3-6,8-11,17,22-23,34H,7,12-16H2,1-2H3,(H,28,33)(H,31,32). The number of rotatable bonds is 7. The third-order valence-electron chi connectivity index (χ3n) is 7.07. The normalized spacial score (nSPS) is 20.2. The van der Waals surface area contributed by atoms with E-state index in [-0.39, 0.29) is 43.7 Å². The number of nitrogens with one attached hydrogen (secondary N) is 1. The molecule has 8 heteroatoms. The second-order valence-corrected chi connectivity index (χ2v) is 9.78. The molecule has 8 nitrogen and oxygen atoms in total. The highest BCUT2D eigenvalue weighted by atomic mass is 16.5. The molecule has 2 atom stereocenters. The van der Waals surface area contributed by atoms with Crippen LogP contribution in [0.5, 0.6) is 0 Å². The van der Waals surface area contributed by atoms with Crippen molar-refractivity contribution in [1.29, 1.82) is 0 Å². The number of hydrogen-bond acceptors (Lipinski definition) is 5. The van der Waals surface area contributed by atoms with E-state index >= 15 is 0 Å². The zero-order chi connectivity index (χ0) is 25.2. The number of carbonyl (C=O) groups excluding carboxylic acids is 2. The van der Waals surface area contributed by atoms with Gasteiger partial charge >= 0.3 is 12.1 Å². The number of hydrogen-bond donors (Lipinski definition) is 3. The van der Waals surface area contributed by atoms with Gasteiger partial charge in [-0.3, -0.25) is 4.79 Å². The Labute approximate surface area is 204 Å². The van der Waals surface area contributed by atoms with E-state index in [1.54, 1.807) is 0 Å². The third-order valence-corrected chi connectivity index (χ3v) is 7.07. The molecule has 2 amide bonds. The monoisotopic (exact) mass is 480 g/mol. The van der Waals surface area contributed by atoms with E-state index in [0.29, 0.717) is 13.0 Å². The summed E-state index contributed by atoms with van der Waals surface area (Å²) in [6, 6.07) is 15.7. The number of alkyl carbamates (subject to hydrolysis) is 1. The maximum atomic E-state index is 12.9. The van der Waals surface area contributed by atoms with Crippen LogP contribution in [0.3, 0.4) is 0 Å². The highest BCUT2D eigenvalue weighted by Crippen LogP contribution is 2.44. The first-order valence-electron chi connectivity index (χ1n) is 12.0. The van der Waals surface area contributed by atoms with Crippen LogP contribution in [0.1, 0.15) is 50.2 Å². The second kappa shape index (κ2) is 10.1. The van der Waals surface area contributed by atoms with Crippen molar-refractivity contribution in [1.82, 2.24) is 10.2 Å². The van der Waals surface area contributed by atoms with E-state index in [2.05, 4.69) is 17.4 Å². The van der Waals surface area contributed by atoms with Gasteiger partial charge in [0.1, 0.15) is 6.61 Å². The number of fused-ring (bicyclic) bond motifs is 3. The van der Waals surface area contributed by atoms with Crippen LogP contribution >= 0.6 is 0 Å². The number of carboxylic acids is 1. The fraction of sp³-hybridized carbons (Fsp3) is 0.444. The number of benzene rings is 2. The van der Waals surface area contributed by atoms with Crippen molar-refractivity contribution >= 4 is 18.0 Å². The van der Waals surface area contributed by atoms with E-state index in [4.69, 9.17) is 4.74 Å². The number of aliphatic hydroxyl groups is 1. The minimum atomic E-state index is -1.93. The lowest BCUT2D eigenvalue weighted by Gasteiger charge is -2.37. The van der Waals surface area contributed by atoms with Gasteiger partial charge in [-0.25, -0.2) is 9.59 Å². The Morgan fingerprint density at radius 1 is 1.09 bits per heavy atom. The van der Waals surface area contributed by atoms with Crippen LogP contribution in [0, 0.1) is 5.92 Å². The molecular formula is C27H32N2O6. The molecule has 1 saturated heterocycles. The molecule has 0 aromatic heterocycles. The Bertz CT molecular complexity index is 1070. The summed E-state index contributed by atoms with van der Waals surface area (Å²) < 4.78 is 5.62. The minimum Gasteiger partial charge on any atom is -0.479 e. The van der Waals surface area contributed by atoms with Crippen LogP contribution in [0.25, 0.3) is 11.1 Å². The molecule has 0 saturated carbocycles. The molecule has 1 aliphatic heterocycles. The lowest BCUT2D eigenvalue weighted by molar-refractivity contribution is -0.166. The fourth-order valence-electron chi connectivity index (χ4n) is 4.99. The number of carbonyl (C=O) groups is 3. The zero-order valence-electron chi connectivity index (χ0n) is 20.1. The molecule has 0 spiro atoms. The molecule has 2 aliphatic rings. The molecule has 2 unspecified atom stereocenters. The Morgan fingerprint density at radius 2 is 1.69 bits per heavy atom. The molecule has 2 aromatic rings. The van der Waals surface area contributed by atoms with Crippen molar-refractivity contribution < 1.29 is 29.3 Å². The summed E-state index contributed by atoms with van der Waals surface area (Å²) in [5, 5.41) is 22.4. The predicted molar refractivity (Wildman–Crippen MR) is 130 cm³/mol. The van der Waals surface area contributed by atoms with E-state index in [0.717, 1.165) is 22.3 Å². The van der Waals surface area contributed by atoms with Crippen LogP contribution in [0.4, 0.5) is 4.79 Å². The maximum absolute atomic E-state index is 12.9. The quantitative estimate of drug-likeness (QED) is 0.560. The molecule has 35 heavy (non-hydrogen) atoms. The van der Waals surface area contributed by atoms with E-state index < -0.39 is 23.7 Å². The molecule has 1 heterocycles. The van der Waals surface area contributed by atoms with E-state index in [9.17, 15) is 24.6 Å². The number of β-amino-alcohol motifs (C(OH)–C–C–N with tert-alkyl or cyclic N) is 1. The van der Waals surface area contributed by atoms with Crippen molar-refractivity contribution in [3.05, 3.63) is 59.7 Å². The molecule has 1 fully saturated rings. The maximum Gasteiger partial charge on any atom is 0.407 e. The number of piperidine rings is 1. The number of amides is 2. The van der Waals surface area contributed by atoms with E-state index in [1.807, 2.05) is 50.2 Å². The van der Waals surface area contributed by atoms with Gasteiger partial charge in [0, 0.05) is 24.9 Å². The van der Waals surface area contributed by atoms with Crippen molar-refractivity contribution in [3.8, 4) is 11.1 Å². The summed E-state index contributed by atoms with van der Waals surface area (Å²) in [4.78, 5) is 38.4. The summed E-state index contributed by atoms with van der Waals surface area (Å²) in [7, 11) is 0. The summed E-state index contributed by atoms with van der Waals surface area (Å²) in [6.45, 7) is 4.09. The highest BCUT2D eigenvalue weighted by molar-refractivity contribution is 5.82. The first kappa shape index (κ1) is 24.7. The number of aliphatic carboxylic acids is 1. The number of likely N-dealkylation sites (tertiary alicyclic amines) is 1. The van der Waals surface area contributed by atoms with Crippen molar-refractivity contribution in [2.24, 2.45) is 5.92 Å². The van der Waals surface area contributed by atoms with Gasteiger partial charge in [0.25, 0.3) is 0 Å². The van der Waals surface area contributed by atoms with Crippen LogP contribution in [-0.2, 0) is 14.3 Å². The predicted octanol–water partition coefficient (Wildman–Crippen LogP) is 3.38. The number of ether oxygens (including phenoxy) is 1. The Morgan fingerprint density at radius 3 is 2.26 bits per heavy atom. The molecule has 0 bridgehead atoms. The molecule has 3 N–H and O–H groups in total. The van der Waals surface area contributed by atoms with Gasteiger partial charge in [0.15, 0.2) is 5.60 Å². The Kier molecular flexibility index (Phi) is 7.12. The lowest BCUT2D eigenvalue weighted by atomic mass is 9.92. The van der Waals surface area contributed by atoms with Crippen LogP contribution in [0.15, 0.2) is 48.5 Å². The Hall–Kier alpha value is -3.39. The first-order valence-corrected chi connectivity index (χ1v) is 12.0.